The van der Waals surface area contributed by atoms with Crippen LogP contribution in [-0.4, -0.2) is 13.2 Å². The lowest BCUT2D eigenvalue weighted by Crippen LogP contribution is -2.23. The Morgan fingerprint density at radius 2 is 2.12 bits per heavy atom. The van der Waals surface area contributed by atoms with Crippen molar-refractivity contribution in [2.24, 2.45) is 11.1 Å². The van der Waals surface area contributed by atoms with Gasteiger partial charge in [-0.05, 0) is 58.9 Å². The van der Waals surface area contributed by atoms with Crippen LogP contribution in [0.2, 0.25) is 5.02 Å². The summed E-state index contributed by atoms with van der Waals surface area (Å²) in [5, 5.41) is 0.702. The smallest absolute Gasteiger partial charge is 0.133 e. The number of rotatable bonds is 6. The molecule has 1 rings (SSSR count). The molecular formula is C13H19BrClNO. The highest BCUT2D eigenvalue weighted by Crippen LogP contribution is 2.28. The van der Waals surface area contributed by atoms with E-state index in [2.05, 4.69) is 29.8 Å². The number of ether oxygens (including phenoxy) is 1. The molecule has 0 aliphatic carbocycles. The van der Waals surface area contributed by atoms with Crippen LogP contribution in [0.1, 0.15) is 26.7 Å². The van der Waals surface area contributed by atoms with Gasteiger partial charge in [0.1, 0.15) is 5.75 Å². The van der Waals surface area contributed by atoms with E-state index >= 15 is 0 Å². The number of halogens is 2. The predicted octanol–water partition coefficient (Wildman–Crippen LogP) is 4.25. The Hall–Kier alpha value is -0.250. The van der Waals surface area contributed by atoms with Crippen molar-refractivity contribution >= 4 is 27.5 Å². The summed E-state index contributed by atoms with van der Waals surface area (Å²) in [6.07, 6.45) is 2.06. The van der Waals surface area contributed by atoms with Crippen LogP contribution in [0, 0.1) is 5.41 Å². The fourth-order valence-corrected chi connectivity index (χ4v) is 2.22. The van der Waals surface area contributed by atoms with Gasteiger partial charge < -0.3 is 10.5 Å². The summed E-state index contributed by atoms with van der Waals surface area (Å²) in [6.45, 7) is 5.75. The molecule has 4 heteroatoms. The largest absolute Gasteiger partial charge is 0.492 e. The zero-order chi connectivity index (χ0) is 12.9. The van der Waals surface area contributed by atoms with Crippen LogP contribution in [0.15, 0.2) is 22.7 Å². The lowest BCUT2D eigenvalue weighted by Gasteiger charge is -2.22. The zero-order valence-electron chi connectivity index (χ0n) is 10.3. The van der Waals surface area contributed by atoms with E-state index < -0.39 is 0 Å². The summed E-state index contributed by atoms with van der Waals surface area (Å²) < 4.78 is 6.58. The zero-order valence-corrected chi connectivity index (χ0v) is 12.6. The maximum Gasteiger partial charge on any atom is 0.133 e. The molecule has 0 spiro atoms. The number of hydrogen-bond donors (Lipinski definition) is 1. The third-order valence-electron chi connectivity index (χ3n) is 2.70. The quantitative estimate of drug-likeness (QED) is 0.795. The number of nitrogens with two attached hydrogens (primary N) is 1. The Kier molecular flexibility index (Phi) is 5.77. The standard InChI is InChI=1S/C13H19BrClNO/c1-13(2,9-16)6-3-7-17-12-5-4-10(15)8-11(12)14/h4-5,8H,3,6-7,9,16H2,1-2H3. The molecule has 2 nitrogen and oxygen atoms in total. The molecule has 0 heterocycles. The highest BCUT2D eigenvalue weighted by molar-refractivity contribution is 9.10. The third kappa shape index (κ3) is 5.28. The molecular weight excluding hydrogens is 302 g/mol. The van der Waals surface area contributed by atoms with Gasteiger partial charge in [-0.15, -0.1) is 0 Å². The Labute approximate surface area is 117 Å². The molecule has 0 saturated heterocycles. The van der Waals surface area contributed by atoms with Crippen LogP contribution < -0.4 is 10.5 Å². The van der Waals surface area contributed by atoms with Crippen molar-refractivity contribution in [1.29, 1.82) is 0 Å². The molecule has 0 radical (unpaired) electrons. The van der Waals surface area contributed by atoms with Crippen LogP contribution in [-0.2, 0) is 0 Å². The van der Waals surface area contributed by atoms with Gasteiger partial charge in [0.25, 0.3) is 0 Å². The third-order valence-corrected chi connectivity index (χ3v) is 3.56. The maximum atomic E-state index is 5.86. The van der Waals surface area contributed by atoms with Gasteiger partial charge in [0.05, 0.1) is 11.1 Å². The number of benzene rings is 1. The van der Waals surface area contributed by atoms with E-state index in [-0.39, 0.29) is 5.41 Å². The summed E-state index contributed by atoms with van der Waals surface area (Å²) in [4.78, 5) is 0. The SMILES string of the molecule is CC(C)(CN)CCCOc1ccc(Cl)cc1Br. The molecule has 0 aromatic heterocycles. The van der Waals surface area contributed by atoms with E-state index in [4.69, 9.17) is 22.1 Å². The fourth-order valence-electron chi connectivity index (χ4n) is 1.43. The summed E-state index contributed by atoms with van der Waals surface area (Å²) in [5.41, 5.74) is 5.87. The van der Waals surface area contributed by atoms with Crippen molar-refractivity contribution in [2.45, 2.75) is 26.7 Å². The van der Waals surface area contributed by atoms with Crippen molar-refractivity contribution < 1.29 is 4.74 Å². The van der Waals surface area contributed by atoms with Gasteiger partial charge in [-0.3, -0.25) is 0 Å². The highest BCUT2D eigenvalue weighted by Gasteiger charge is 2.14. The van der Waals surface area contributed by atoms with Crippen molar-refractivity contribution in [3.05, 3.63) is 27.7 Å². The molecule has 0 aliphatic heterocycles. The van der Waals surface area contributed by atoms with E-state index in [0.717, 1.165) is 23.1 Å². The van der Waals surface area contributed by atoms with Crippen LogP contribution in [0.3, 0.4) is 0 Å². The Balaban J connectivity index is 2.36. The molecule has 17 heavy (non-hydrogen) atoms. The second-order valence-corrected chi connectivity index (χ2v) is 6.19. The Morgan fingerprint density at radius 1 is 1.41 bits per heavy atom. The van der Waals surface area contributed by atoms with E-state index in [1.54, 1.807) is 0 Å². The number of hydrogen-bond acceptors (Lipinski definition) is 2. The fraction of sp³-hybridized carbons (Fsp3) is 0.538. The van der Waals surface area contributed by atoms with Crippen molar-refractivity contribution in [1.82, 2.24) is 0 Å². The second kappa shape index (κ2) is 6.62. The van der Waals surface area contributed by atoms with Gasteiger partial charge in [0, 0.05) is 5.02 Å². The van der Waals surface area contributed by atoms with Gasteiger partial charge in [-0.25, -0.2) is 0 Å². The lowest BCUT2D eigenvalue weighted by atomic mass is 9.88. The summed E-state index contributed by atoms with van der Waals surface area (Å²) >= 11 is 9.28. The lowest BCUT2D eigenvalue weighted by molar-refractivity contribution is 0.260. The molecule has 1 aromatic carbocycles. The first-order valence-corrected chi connectivity index (χ1v) is 6.90. The van der Waals surface area contributed by atoms with Crippen molar-refractivity contribution in [3.8, 4) is 5.75 Å². The molecule has 0 aliphatic rings. The molecule has 0 saturated carbocycles. The van der Waals surface area contributed by atoms with Gasteiger partial charge in [-0.2, -0.15) is 0 Å². The first-order valence-electron chi connectivity index (χ1n) is 5.72. The van der Waals surface area contributed by atoms with Gasteiger partial charge in [-0.1, -0.05) is 25.4 Å². The van der Waals surface area contributed by atoms with E-state index in [9.17, 15) is 0 Å². The topological polar surface area (TPSA) is 35.2 Å². The average Bonchev–Trinajstić information content (AvgIpc) is 2.27. The van der Waals surface area contributed by atoms with E-state index in [0.29, 0.717) is 18.2 Å². The Bertz CT molecular complexity index is 368. The first-order chi connectivity index (χ1) is 7.94. The van der Waals surface area contributed by atoms with Gasteiger partial charge in [0.2, 0.25) is 0 Å². The predicted molar refractivity (Wildman–Crippen MR) is 76.7 cm³/mol. The molecule has 1 aromatic rings. The van der Waals surface area contributed by atoms with Crippen LogP contribution in [0.25, 0.3) is 0 Å². The van der Waals surface area contributed by atoms with Crippen molar-refractivity contribution in [3.63, 3.8) is 0 Å². The second-order valence-electron chi connectivity index (χ2n) is 4.90. The minimum atomic E-state index is 0.195. The normalized spacial score (nSPS) is 11.6. The molecule has 0 fully saturated rings. The van der Waals surface area contributed by atoms with Crippen LogP contribution in [0.4, 0.5) is 0 Å². The minimum absolute atomic E-state index is 0.195. The molecule has 2 N–H and O–H groups in total. The molecule has 0 atom stereocenters. The monoisotopic (exact) mass is 319 g/mol. The van der Waals surface area contributed by atoms with E-state index in [1.807, 2.05) is 18.2 Å². The molecule has 0 amide bonds. The molecule has 96 valence electrons. The first kappa shape index (κ1) is 14.8. The van der Waals surface area contributed by atoms with Gasteiger partial charge >= 0.3 is 0 Å². The highest BCUT2D eigenvalue weighted by atomic mass is 79.9. The summed E-state index contributed by atoms with van der Waals surface area (Å²) in [6, 6.07) is 5.53. The molecule has 0 bridgehead atoms. The van der Waals surface area contributed by atoms with Gasteiger partial charge in [0.15, 0.2) is 0 Å². The Morgan fingerprint density at radius 3 is 2.71 bits per heavy atom. The van der Waals surface area contributed by atoms with Crippen molar-refractivity contribution in [2.75, 3.05) is 13.2 Å². The summed E-state index contributed by atoms with van der Waals surface area (Å²) in [5.74, 6) is 0.833. The summed E-state index contributed by atoms with van der Waals surface area (Å²) in [7, 11) is 0. The minimum Gasteiger partial charge on any atom is -0.492 e. The van der Waals surface area contributed by atoms with Crippen LogP contribution in [0.5, 0.6) is 5.75 Å². The van der Waals surface area contributed by atoms with E-state index in [1.165, 1.54) is 0 Å². The molecule has 0 unspecified atom stereocenters. The average molecular weight is 321 g/mol. The van der Waals surface area contributed by atoms with Crippen LogP contribution >= 0.6 is 27.5 Å². The maximum absolute atomic E-state index is 5.86.